The summed E-state index contributed by atoms with van der Waals surface area (Å²) in [5.74, 6) is 1.86. The molecule has 54 heavy (non-hydrogen) atoms. The van der Waals surface area contributed by atoms with Gasteiger partial charge in [0.1, 0.15) is 11.6 Å². The molecule has 0 saturated heterocycles. The number of rotatable bonds is 17. The average molecular weight is 725 g/mol. The van der Waals surface area contributed by atoms with Gasteiger partial charge in [-0.2, -0.15) is 0 Å². The van der Waals surface area contributed by atoms with Gasteiger partial charge < -0.3 is 30.1 Å². The summed E-state index contributed by atoms with van der Waals surface area (Å²) < 4.78 is 11.8. The van der Waals surface area contributed by atoms with E-state index in [0.717, 1.165) is 58.4 Å². The van der Waals surface area contributed by atoms with Crippen LogP contribution < -0.4 is 10.6 Å². The van der Waals surface area contributed by atoms with Crippen LogP contribution in [-0.4, -0.2) is 46.2 Å². The highest BCUT2D eigenvalue weighted by Crippen LogP contribution is 2.34. The van der Waals surface area contributed by atoms with Crippen molar-refractivity contribution in [1.29, 1.82) is 0 Å². The molecule has 0 bridgehead atoms. The third-order valence-electron chi connectivity index (χ3n) is 9.61. The number of aromatic nitrogens is 4. The van der Waals surface area contributed by atoms with Crippen molar-refractivity contribution in [1.82, 2.24) is 30.6 Å². The molecule has 1 unspecified atom stereocenters. The number of aromatic amines is 2. The first-order valence-corrected chi connectivity index (χ1v) is 19.1. The molecule has 0 aliphatic heterocycles. The zero-order valence-corrected chi connectivity index (χ0v) is 32.7. The maximum atomic E-state index is 5.92. The van der Waals surface area contributed by atoms with Gasteiger partial charge >= 0.3 is 0 Å². The van der Waals surface area contributed by atoms with Crippen LogP contribution in [0, 0.1) is 10.8 Å². The number of hydrogen-bond acceptors (Lipinski definition) is 6. The Bertz CT molecular complexity index is 1840. The van der Waals surface area contributed by atoms with Gasteiger partial charge in [-0.05, 0) is 44.2 Å². The van der Waals surface area contributed by atoms with Crippen LogP contribution in [0.2, 0.25) is 0 Å². The molecule has 0 amide bonds. The number of benzene rings is 4. The van der Waals surface area contributed by atoms with E-state index >= 15 is 0 Å². The predicted molar refractivity (Wildman–Crippen MR) is 220 cm³/mol. The third-order valence-corrected chi connectivity index (χ3v) is 9.61. The Morgan fingerprint density at radius 2 is 0.852 bits per heavy atom. The van der Waals surface area contributed by atoms with Crippen molar-refractivity contribution >= 4 is 0 Å². The van der Waals surface area contributed by atoms with Gasteiger partial charge in [-0.1, -0.05) is 151 Å². The van der Waals surface area contributed by atoms with E-state index in [9.17, 15) is 0 Å². The molecule has 6 rings (SSSR count). The molecule has 2 atom stereocenters. The van der Waals surface area contributed by atoms with Gasteiger partial charge in [0, 0.05) is 13.1 Å². The smallest absolute Gasteiger partial charge is 0.124 e. The maximum Gasteiger partial charge on any atom is 0.124 e. The van der Waals surface area contributed by atoms with Gasteiger partial charge in [-0.25, -0.2) is 9.97 Å². The Hall–Kier alpha value is -4.86. The molecule has 0 radical (unpaired) electrons. The number of nitrogens with zero attached hydrogens (tertiary/aromatic N) is 2. The lowest BCUT2D eigenvalue weighted by Gasteiger charge is -2.30. The van der Waals surface area contributed by atoms with Crippen molar-refractivity contribution in [3.8, 4) is 33.6 Å². The van der Waals surface area contributed by atoms with E-state index in [1.165, 1.54) is 11.1 Å². The van der Waals surface area contributed by atoms with Crippen molar-refractivity contribution in [2.45, 2.75) is 66.8 Å². The zero-order chi connectivity index (χ0) is 38.0. The van der Waals surface area contributed by atoms with Gasteiger partial charge in [0.15, 0.2) is 0 Å². The molecule has 6 aromatic rings. The zero-order valence-electron chi connectivity index (χ0n) is 32.7. The lowest BCUT2D eigenvalue weighted by atomic mass is 9.86. The van der Waals surface area contributed by atoms with Gasteiger partial charge in [-0.3, -0.25) is 0 Å². The van der Waals surface area contributed by atoms with Crippen LogP contribution in [0.1, 0.15) is 76.4 Å². The third kappa shape index (κ3) is 10.6. The number of hydrogen-bond donors (Lipinski definition) is 4. The summed E-state index contributed by atoms with van der Waals surface area (Å²) in [4.78, 5) is 16.8. The van der Waals surface area contributed by atoms with E-state index in [2.05, 4.69) is 135 Å². The Balaban J connectivity index is 1.03. The molecule has 8 nitrogen and oxygen atoms in total. The van der Waals surface area contributed by atoms with Crippen molar-refractivity contribution in [2.24, 2.45) is 10.8 Å². The molecule has 4 N–H and O–H groups in total. The first-order valence-electron chi connectivity index (χ1n) is 19.1. The number of imidazole rings is 2. The fourth-order valence-corrected chi connectivity index (χ4v) is 6.65. The van der Waals surface area contributed by atoms with Crippen LogP contribution in [0.3, 0.4) is 0 Å². The van der Waals surface area contributed by atoms with E-state index in [-0.39, 0.29) is 22.9 Å². The highest BCUT2D eigenvalue weighted by molar-refractivity contribution is 5.71. The van der Waals surface area contributed by atoms with E-state index < -0.39 is 0 Å². The molecule has 2 heterocycles. The summed E-state index contributed by atoms with van der Waals surface area (Å²) in [5, 5.41) is 7.34. The highest BCUT2D eigenvalue weighted by atomic mass is 16.5. The lowest BCUT2D eigenvalue weighted by Crippen LogP contribution is -2.35. The molecule has 0 saturated carbocycles. The quantitative estimate of drug-likeness (QED) is 0.0699. The second kappa shape index (κ2) is 18.0. The van der Waals surface area contributed by atoms with Crippen LogP contribution in [0.25, 0.3) is 33.6 Å². The van der Waals surface area contributed by atoms with Crippen molar-refractivity contribution < 1.29 is 9.47 Å². The first-order chi connectivity index (χ1) is 26.0. The fourth-order valence-electron chi connectivity index (χ4n) is 6.65. The minimum absolute atomic E-state index is 0.0360. The molecule has 0 fully saturated rings. The second-order valence-corrected chi connectivity index (χ2v) is 16.1. The summed E-state index contributed by atoms with van der Waals surface area (Å²) in [6, 6.07) is 38.0. The molecule has 4 aromatic carbocycles. The molecule has 2 aromatic heterocycles. The van der Waals surface area contributed by atoms with Crippen LogP contribution in [0.15, 0.2) is 122 Å². The van der Waals surface area contributed by atoms with Crippen LogP contribution in [0.5, 0.6) is 0 Å². The number of H-pyrrole nitrogens is 2. The SMILES string of the molecule is CC(C)(C)C(NCCOCc1ccccc1)c1ncc(-c2ccc(-c3ccc(-c4cnc([C@@H](NCCOCc5ccccc5)C(C)(C)C)[nH]4)cc3)cc2)[nH]1. The van der Waals surface area contributed by atoms with Crippen molar-refractivity contribution in [3.63, 3.8) is 0 Å². The molecule has 0 spiro atoms. The topological polar surface area (TPSA) is 99.9 Å². The van der Waals surface area contributed by atoms with Gasteiger partial charge in [-0.15, -0.1) is 0 Å². The van der Waals surface area contributed by atoms with E-state index in [4.69, 9.17) is 19.4 Å². The van der Waals surface area contributed by atoms with Gasteiger partial charge in [0.2, 0.25) is 0 Å². The molecule has 282 valence electrons. The van der Waals surface area contributed by atoms with E-state index in [0.29, 0.717) is 26.4 Å². The summed E-state index contributed by atoms with van der Waals surface area (Å²) in [6.45, 7) is 17.3. The molecule has 8 heteroatoms. The summed E-state index contributed by atoms with van der Waals surface area (Å²) in [6.07, 6.45) is 3.87. The number of ether oxygens (including phenoxy) is 2. The minimum atomic E-state index is -0.0360. The molecular weight excluding hydrogens is 669 g/mol. The van der Waals surface area contributed by atoms with E-state index in [1.807, 2.05) is 48.8 Å². The Morgan fingerprint density at radius 3 is 1.20 bits per heavy atom. The standard InChI is InChI=1S/C46H56N6O2/c1-45(2,3)41(47-25-27-53-31-33-13-9-7-10-14-33)43-49-29-39(51-43)37-21-17-35(18-22-37)36-19-23-38(24-20-36)40-30-50-44(52-40)42(46(4,5)6)48-26-28-54-32-34-15-11-8-12-16-34/h7-24,29-30,41-42,47-48H,25-28,31-32H2,1-6H3,(H,49,51)(H,50,52)/t41-,42?/m1/s1. The fraction of sp³-hybridized carbons (Fsp3) is 0.348. The first kappa shape index (κ1) is 38.9. The van der Waals surface area contributed by atoms with Crippen LogP contribution in [-0.2, 0) is 22.7 Å². The van der Waals surface area contributed by atoms with Crippen molar-refractivity contribution in [3.05, 3.63) is 144 Å². The summed E-state index contributed by atoms with van der Waals surface area (Å²) in [5.41, 5.74) is 8.81. The molecular formula is C46H56N6O2. The lowest BCUT2D eigenvalue weighted by molar-refractivity contribution is 0.115. The predicted octanol–water partition coefficient (Wildman–Crippen LogP) is 9.92. The molecule has 0 aliphatic carbocycles. The summed E-state index contributed by atoms with van der Waals surface area (Å²) in [7, 11) is 0. The monoisotopic (exact) mass is 724 g/mol. The van der Waals surface area contributed by atoms with E-state index in [1.54, 1.807) is 0 Å². The largest absolute Gasteiger partial charge is 0.375 e. The second-order valence-electron chi connectivity index (χ2n) is 16.1. The Kier molecular flexibility index (Phi) is 12.9. The normalized spacial score (nSPS) is 13.2. The van der Waals surface area contributed by atoms with Gasteiger partial charge in [0.25, 0.3) is 0 Å². The summed E-state index contributed by atoms with van der Waals surface area (Å²) >= 11 is 0. The number of nitrogens with one attached hydrogen (secondary N) is 4. The average Bonchev–Trinajstić information content (AvgIpc) is 3.85. The van der Waals surface area contributed by atoms with Crippen LogP contribution >= 0.6 is 0 Å². The minimum Gasteiger partial charge on any atom is -0.375 e. The van der Waals surface area contributed by atoms with Crippen LogP contribution in [0.4, 0.5) is 0 Å². The van der Waals surface area contributed by atoms with Crippen molar-refractivity contribution in [2.75, 3.05) is 26.3 Å². The maximum absolute atomic E-state index is 5.92. The molecule has 0 aliphatic rings. The Morgan fingerprint density at radius 1 is 0.500 bits per heavy atom. The highest BCUT2D eigenvalue weighted by Gasteiger charge is 2.29. The Labute approximate surface area is 321 Å². The van der Waals surface area contributed by atoms with Gasteiger partial charge in [0.05, 0.1) is 62.3 Å².